The quantitative estimate of drug-likeness (QED) is 0.501. The summed E-state index contributed by atoms with van der Waals surface area (Å²) < 4.78 is 7.49. The molecule has 2 rings (SSSR count). The zero-order valence-electron chi connectivity index (χ0n) is 11.8. The third kappa shape index (κ3) is 3.65. The largest absolute Gasteiger partial charge is 0.372 e. The Kier molecular flexibility index (Phi) is 5.55. The summed E-state index contributed by atoms with van der Waals surface area (Å²) in [6.45, 7) is 1.03. The Morgan fingerprint density at radius 2 is 1.27 bits per heavy atom. The number of carbonyl (C=O) groups excluding carboxylic acids is 2. The molecule has 0 bridgehead atoms. The number of amides is 2. The Balaban J connectivity index is 1.86. The summed E-state index contributed by atoms with van der Waals surface area (Å²) in [5.74, 6) is -0.587. The van der Waals surface area contributed by atoms with Gasteiger partial charge >= 0.3 is 0 Å². The Morgan fingerprint density at radius 1 is 0.864 bits per heavy atom. The van der Waals surface area contributed by atoms with Crippen LogP contribution in [0.15, 0.2) is 0 Å². The smallest absolute Gasteiger partial charge is 0.274 e. The highest BCUT2D eigenvalue weighted by Gasteiger charge is 2.16. The van der Waals surface area contributed by atoms with Crippen molar-refractivity contribution in [1.82, 2.24) is 29.8 Å². The number of nitrogens with zero attached hydrogens (tertiary/aromatic N) is 4. The fraction of sp³-hybridized carbons (Fsp3) is 0.400. The lowest BCUT2D eigenvalue weighted by Crippen LogP contribution is -2.22. The molecule has 0 aliphatic carbocycles. The van der Waals surface area contributed by atoms with Crippen molar-refractivity contribution < 1.29 is 9.59 Å². The Morgan fingerprint density at radius 3 is 1.64 bits per heavy atom. The highest BCUT2D eigenvalue weighted by Crippen LogP contribution is 2.18. The first-order chi connectivity index (χ1) is 10.7. The summed E-state index contributed by atoms with van der Waals surface area (Å²) in [5, 5.41) is 19.8. The maximum Gasteiger partial charge on any atom is 0.274 e. The minimum atomic E-state index is -0.294. The zero-order valence-corrected chi connectivity index (χ0v) is 13.5. The molecule has 0 aliphatic rings. The van der Waals surface area contributed by atoms with Gasteiger partial charge in [-0.1, -0.05) is 8.98 Å². The molecule has 0 radical (unpaired) electrons. The van der Waals surface area contributed by atoms with Gasteiger partial charge in [0.15, 0.2) is 11.4 Å². The van der Waals surface area contributed by atoms with Crippen LogP contribution in [-0.4, -0.2) is 58.2 Å². The van der Waals surface area contributed by atoms with Crippen molar-refractivity contribution >= 4 is 44.9 Å². The summed E-state index contributed by atoms with van der Waals surface area (Å²) in [7, 11) is 3.06. The predicted octanol–water partition coefficient (Wildman–Crippen LogP) is -0.367. The third-order valence-corrected chi connectivity index (χ3v) is 3.92. The number of anilines is 2. The van der Waals surface area contributed by atoms with Crippen molar-refractivity contribution in [2.75, 3.05) is 37.8 Å². The van der Waals surface area contributed by atoms with Crippen molar-refractivity contribution in [3.8, 4) is 0 Å². The summed E-state index contributed by atoms with van der Waals surface area (Å²) >= 11 is 2.21. The lowest BCUT2D eigenvalue weighted by molar-refractivity contribution is 0.0951. The second-order valence-corrected chi connectivity index (χ2v) is 5.42. The van der Waals surface area contributed by atoms with Crippen molar-refractivity contribution in [3.63, 3.8) is 0 Å². The minimum Gasteiger partial charge on any atom is -0.372 e. The summed E-state index contributed by atoms with van der Waals surface area (Å²) in [5.41, 5.74) is 0.524. The van der Waals surface area contributed by atoms with Crippen molar-refractivity contribution in [3.05, 3.63) is 11.4 Å². The molecule has 0 fully saturated rings. The average Bonchev–Trinajstić information content (AvgIpc) is 3.19. The normalized spacial score (nSPS) is 10.1. The Bertz CT molecular complexity index is 599. The molecule has 118 valence electrons. The highest BCUT2D eigenvalue weighted by molar-refractivity contribution is 7.10. The highest BCUT2D eigenvalue weighted by atomic mass is 32.1. The average molecular weight is 342 g/mol. The maximum absolute atomic E-state index is 11.5. The van der Waals surface area contributed by atoms with Crippen LogP contribution < -0.4 is 21.3 Å². The minimum absolute atomic E-state index is 0.262. The van der Waals surface area contributed by atoms with E-state index in [1.54, 1.807) is 0 Å². The van der Waals surface area contributed by atoms with Gasteiger partial charge in [-0.05, 0) is 0 Å². The van der Waals surface area contributed by atoms with E-state index in [1.165, 1.54) is 14.1 Å². The van der Waals surface area contributed by atoms with Gasteiger partial charge in [-0.25, -0.2) is 0 Å². The van der Waals surface area contributed by atoms with Gasteiger partial charge in [-0.15, -0.1) is 10.2 Å². The van der Waals surface area contributed by atoms with E-state index in [-0.39, 0.29) is 23.2 Å². The first-order valence-electron chi connectivity index (χ1n) is 6.24. The second-order valence-electron chi connectivity index (χ2n) is 3.91. The molecule has 0 spiro atoms. The molecule has 0 atom stereocenters. The van der Waals surface area contributed by atoms with E-state index in [0.29, 0.717) is 23.1 Å². The molecule has 2 amide bonds. The van der Waals surface area contributed by atoms with Crippen LogP contribution in [0.2, 0.25) is 0 Å². The van der Waals surface area contributed by atoms with Crippen LogP contribution in [0.3, 0.4) is 0 Å². The van der Waals surface area contributed by atoms with Crippen molar-refractivity contribution in [2.24, 2.45) is 0 Å². The summed E-state index contributed by atoms with van der Waals surface area (Å²) in [6.07, 6.45) is 0. The monoisotopic (exact) mass is 342 g/mol. The molecule has 4 N–H and O–H groups in total. The molecule has 0 aliphatic heterocycles. The third-order valence-electron chi connectivity index (χ3n) is 2.56. The van der Waals surface area contributed by atoms with Gasteiger partial charge in [0.1, 0.15) is 10.0 Å². The fourth-order valence-corrected chi connectivity index (χ4v) is 2.68. The van der Waals surface area contributed by atoms with Gasteiger partial charge in [0, 0.05) is 50.2 Å². The number of aromatic nitrogens is 4. The molecule has 0 saturated heterocycles. The molecule has 0 saturated carbocycles. The number of hydrogen-bond acceptors (Lipinski definition) is 10. The van der Waals surface area contributed by atoms with E-state index in [2.05, 4.69) is 40.4 Å². The number of hydrogen-bond donors (Lipinski definition) is 4. The Labute approximate surface area is 134 Å². The first kappa shape index (κ1) is 16.0. The number of nitrogens with one attached hydrogen (secondary N) is 4. The van der Waals surface area contributed by atoms with Gasteiger partial charge in [-0.2, -0.15) is 0 Å². The van der Waals surface area contributed by atoms with E-state index >= 15 is 0 Å². The van der Waals surface area contributed by atoms with Crippen molar-refractivity contribution in [1.29, 1.82) is 0 Å². The van der Waals surface area contributed by atoms with E-state index in [1.807, 2.05) is 0 Å². The first-order valence-corrected chi connectivity index (χ1v) is 7.78. The molecule has 12 heteroatoms. The topological polar surface area (TPSA) is 134 Å². The van der Waals surface area contributed by atoms with Crippen LogP contribution in [0.25, 0.3) is 0 Å². The van der Waals surface area contributed by atoms with Gasteiger partial charge in [-0.3, -0.25) is 9.59 Å². The van der Waals surface area contributed by atoms with Gasteiger partial charge < -0.3 is 21.3 Å². The van der Waals surface area contributed by atoms with E-state index in [0.717, 1.165) is 23.1 Å². The fourth-order valence-electron chi connectivity index (χ4n) is 1.50. The second kappa shape index (κ2) is 7.61. The lowest BCUT2D eigenvalue weighted by Gasteiger charge is -2.06. The molecule has 10 nitrogen and oxygen atoms in total. The van der Waals surface area contributed by atoms with Gasteiger partial charge in [0.05, 0.1) is 0 Å². The molecule has 2 heterocycles. The predicted molar refractivity (Wildman–Crippen MR) is 83.6 cm³/mol. The molecule has 22 heavy (non-hydrogen) atoms. The molecular weight excluding hydrogens is 328 g/mol. The number of carbonyl (C=O) groups is 2. The van der Waals surface area contributed by atoms with Gasteiger partial charge in [0.25, 0.3) is 11.8 Å². The molecule has 0 unspecified atom stereocenters. The molecule has 2 aromatic heterocycles. The summed E-state index contributed by atoms with van der Waals surface area (Å²) in [4.78, 5) is 23.1. The van der Waals surface area contributed by atoms with Crippen LogP contribution in [0.5, 0.6) is 0 Å². The van der Waals surface area contributed by atoms with E-state index in [9.17, 15) is 9.59 Å². The van der Waals surface area contributed by atoms with Crippen LogP contribution in [0.1, 0.15) is 21.0 Å². The van der Waals surface area contributed by atoms with Crippen LogP contribution in [0, 0.1) is 0 Å². The van der Waals surface area contributed by atoms with Gasteiger partial charge in [0.2, 0.25) is 0 Å². The van der Waals surface area contributed by atoms with E-state index in [4.69, 9.17) is 0 Å². The molecular formula is C10H14N8O2S2. The summed E-state index contributed by atoms with van der Waals surface area (Å²) in [6, 6.07) is 0. The van der Waals surface area contributed by atoms with E-state index < -0.39 is 0 Å². The van der Waals surface area contributed by atoms with Crippen LogP contribution in [0.4, 0.5) is 10.0 Å². The zero-order chi connectivity index (χ0) is 15.9. The molecule has 2 aromatic rings. The van der Waals surface area contributed by atoms with Crippen LogP contribution in [-0.2, 0) is 0 Å². The molecule has 0 aromatic carbocycles. The lowest BCUT2D eigenvalue weighted by atomic mass is 10.4. The number of rotatable bonds is 7. The SMILES string of the molecule is CNC(=O)c1nnsc1NCCNc1snnc1C(=O)NC. The van der Waals surface area contributed by atoms with Crippen molar-refractivity contribution in [2.45, 2.75) is 0 Å². The van der Waals surface area contributed by atoms with Crippen LogP contribution >= 0.6 is 23.1 Å². The maximum atomic E-state index is 11.5. The Hall–Kier alpha value is -2.34. The standard InChI is InChI=1S/C10H14N8O2S2/c1-11-7(19)5-9(21-17-15-5)13-3-4-14-10-6(8(20)12-2)16-18-22-10/h13-14H,3-4H2,1-2H3,(H,11,19)(H,12,20).